The third-order valence-corrected chi connectivity index (χ3v) is 2.39. The number of anilines is 1. The molecule has 3 heteroatoms. The van der Waals surface area contributed by atoms with Gasteiger partial charge in [-0.3, -0.25) is 4.98 Å². The number of rotatable bonds is 4. The SMILES string of the molecule is CCC(C)CNc1nc(C)cnc1C. The zero-order valence-electron chi connectivity index (χ0n) is 9.46. The number of hydrogen-bond donors (Lipinski definition) is 1. The van der Waals surface area contributed by atoms with Crippen LogP contribution in [0.1, 0.15) is 31.7 Å². The summed E-state index contributed by atoms with van der Waals surface area (Å²) in [6.45, 7) is 9.33. The van der Waals surface area contributed by atoms with Crippen LogP contribution in [0, 0.1) is 19.8 Å². The van der Waals surface area contributed by atoms with Crippen LogP contribution in [0.15, 0.2) is 6.20 Å². The van der Waals surface area contributed by atoms with Crippen molar-refractivity contribution in [1.82, 2.24) is 9.97 Å². The minimum absolute atomic E-state index is 0.678. The summed E-state index contributed by atoms with van der Waals surface area (Å²) in [5.74, 6) is 1.60. The molecule has 0 amide bonds. The van der Waals surface area contributed by atoms with E-state index in [2.05, 4.69) is 29.1 Å². The van der Waals surface area contributed by atoms with Crippen molar-refractivity contribution in [2.24, 2.45) is 5.92 Å². The van der Waals surface area contributed by atoms with Crippen LogP contribution < -0.4 is 5.32 Å². The molecule has 0 aliphatic rings. The van der Waals surface area contributed by atoms with Gasteiger partial charge in [0.15, 0.2) is 0 Å². The van der Waals surface area contributed by atoms with Crippen LogP contribution in [-0.2, 0) is 0 Å². The van der Waals surface area contributed by atoms with Gasteiger partial charge in [-0.2, -0.15) is 0 Å². The van der Waals surface area contributed by atoms with Crippen LogP contribution in [0.25, 0.3) is 0 Å². The van der Waals surface area contributed by atoms with Gasteiger partial charge >= 0.3 is 0 Å². The molecule has 1 unspecified atom stereocenters. The van der Waals surface area contributed by atoms with E-state index in [0.29, 0.717) is 5.92 Å². The fourth-order valence-electron chi connectivity index (χ4n) is 1.12. The van der Waals surface area contributed by atoms with Crippen molar-refractivity contribution in [3.63, 3.8) is 0 Å². The molecular formula is C11H19N3. The van der Waals surface area contributed by atoms with Gasteiger partial charge < -0.3 is 5.32 Å². The van der Waals surface area contributed by atoms with Crippen molar-refractivity contribution in [1.29, 1.82) is 0 Å². The topological polar surface area (TPSA) is 37.8 Å². The Labute approximate surface area is 86.0 Å². The number of nitrogens with zero attached hydrogens (tertiary/aromatic N) is 2. The van der Waals surface area contributed by atoms with Crippen molar-refractivity contribution in [3.8, 4) is 0 Å². The van der Waals surface area contributed by atoms with Gasteiger partial charge in [0, 0.05) is 12.7 Å². The lowest BCUT2D eigenvalue weighted by Gasteiger charge is -2.12. The third-order valence-electron chi connectivity index (χ3n) is 2.39. The first-order valence-electron chi connectivity index (χ1n) is 5.17. The van der Waals surface area contributed by atoms with E-state index in [1.165, 1.54) is 6.42 Å². The molecule has 3 nitrogen and oxygen atoms in total. The Bertz CT molecular complexity index is 297. The highest BCUT2D eigenvalue weighted by molar-refractivity contribution is 5.39. The fraction of sp³-hybridized carbons (Fsp3) is 0.636. The Kier molecular flexibility index (Phi) is 3.86. The quantitative estimate of drug-likeness (QED) is 0.798. The van der Waals surface area contributed by atoms with Crippen molar-refractivity contribution in [2.45, 2.75) is 34.1 Å². The molecule has 1 atom stereocenters. The average molecular weight is 193 g/mol. The summed E-state index contributed by atoms with van der Waals surface area (Å²) < 4.78 is 0. The van der Waals surface area contributed by atoms with Gasteiger partial charge in [0.25, 0.3) is 0 Å². The largest absolute Gasteiger partial charge is 0.368 e. The molecule has 0 fully saturated rings. The predicted octanol–water partition coefficient (Wildman–Crippen LogP) is 2.55. The standard InChI is InChI=1S/C11H19N3/c1-5-8(2)6-13-11-10(4)12-7-9(3)14-11/h7-8H,5-6H2,1-4H3,(H,13,14). The van der Waals surface area contributed by atoms with E-state index in [4.69, 9.17) is 0 Å². The Balaban J connectivity index is 2.62. The molecule has 14 heavy (non-hydrogen) atoms. The zero-order valence-corrected chi connectivity index (χ0v) is 9.46. The van der Waals surface area contributed by atoms with Crippen molar-refractivity contribution in [3.05, 3.63) is 17.6 Å². The second-order valence-electron chi connectivity index (χ2n) is 3.84. The smallest absolute Gasteiger partial charge is 0.147 e. The number of aryl methyl sites for hydroxylation is 2. The lowest BCUT2D eigenvalue weighted by molar-refractivity contribution is 0.592. The van der Waals surface area contributed by atoms with E-state index in [-0.39, 0.29) is 0 Å². The molecule has 0 saturated heterocycles. The van der Waals surface area contributed by atoms with Gasteiger partial charge in [0.1, 0.15) is 5.82 Å². The van der Waals surface area contributed by atoms with E-state index in [0.717, 1.165) is 23.8 Å². The Morgan fingerprint density at radius 2 is 2.14 bits per heavy atom. The molecule has 0 aliphatic carbocycles. The maximum atomic E-state index is 4.41. The van der Waals surface area contributed by atoms with Crippen LogP contribution >= 0.6 is 0 Å². The van der Waals surface area contributed by atoms with Crippen LogP contribution in [0.4, 0.5) is 5.82 Å². The zero-order chi connectivity index (χ0) is 10.6. The summed E-state index contributed by atoms with van der Waals surface area (Å²) in [6, 6.07) is 0. The number of hydrogen-bond acceptors (Lipinski definition) is 3. The first-order valence-corrected chi connectivity index (χ1v) is 5.17. The van der Waals surface area contributed by atoms with Crippen LogP contribution in [0.5, 0.6) is 0 Å². The molecule has 1 heterocycles. The van der Waals surface area contributed by atoms with E-state index >= 15 is 0 Å². The minimum Gasteiger partial charge on any atom is -0.368 e. The fourth-order valence-corrected chi connectivity index (χ4v) is 1.12. The van der Waals surface area contributed by atoms with E-state index < -0.39 is 0 Å². The molecule has 78 valence electrons. The highest BCUT2D eigenvalue weighted by atomic mass is 15.0. The summed E-state index contributed by atoms with van der Waals surface area (Å²) in [5.41, 5.74) is 1.93. The molecule has 1 aromatic heterocycles. The summed E-state index contributed by atoms with van der Waals surface area (Å²) >= 11 is 0. The predicted molar refractivity (Wildman–Crippen MR) is 59.5 cm³/mol. The molecular weight excluding hydrogens is 174 g/mol. The maximum Gasteiger partial charge on any atom is 0.147 e. The summed E-state index contributed by atoms with van der Waals surface area (Å²) in [6.07, 6.45) is 2.98. The Morgan fingerprint density at radius 1 is 1.43 bits per heavy atom. The Hall–Kier alpha value is -1.12. The summed E-state index contributed by atoms with van der Waals surface area (Å²) in [7, 11) is 0. The molecule has 0 saturated carbocycles. The number of nitrogens with one attached hydrogen (secondary N) is 1. The Morgan fingerprint density at radius 3 is 2.79 bits per heavy atom. The van der Waals surface area contributed by atoms with E-state index in [1.807, 2.05) is 13.8 Å². The minimum atomic E-state index is 0.678. The van der Waals surface area contributed by atoms with Gasteiger partial charge in [-0.25, -0.2) is 4.98 Å². The van der Waals surface area contributed by atoms with Gasteiger partial charge in [-0.05, 0) is 19.8 Å². The molecule has 1 aromatic rings. The van der Waals surface area contributed by atoms with Crippen LogP contribution in [0.2, 0.25) is 0 Å². The van der Waals surface area contributed by atoms with Crippen LogP contribution in [-0.4, -0.2) is 16.5 Å². The van der Waals surface area contributed by atoms with Gasteiger partial charge in [-0.1, -0.05) is 20.3 Å². The highest BCUT2D eigenvalue weighted by Gasteiger charge is 2.03. The lowest BCUT2D eigenvalue weighted by Crippen LogP contribution is -2.13. The summed E-state index contributed by atoms with van der Waals surface area (Å²) in [4.78, 5) is 8.66. The summed E-state index contributed by atoms with van der Waals surface area (Å²) in [5, 5.41) is 3.33. The van der Waals surface area contributed by atoms with Crippen LogP contribution in [0.3, 0.4) is 0 Å². The number of aromatic nitrogens is 2. The van der Waals surface area contributed by atoms with Crippen molar-refractivity contribution in [2.75, 3.05) is 11.9 Å². The molecule has 1 N–H and O–H groups in total. The second kappa shape index (κ2) is 4.94. The van der Waals surface area contributed by atoms with Crippen molar-refractivity contribution < 1.29 is 0 Å². The van der Waals surface area contributed by atoms with Gasteiger partial charge in [0.2, 0.25) is 0 Å². The molecule has 0 aliphatic heterocycles. The highest BCUT2D eigenvalue weighted by Crippen LogP contribution is 2.10. The first-order chi connectivity index (χ1) is 6.63. The molecule has 0 aromatic carbocycles. The van der Waals surface area contributed by atoms with Gasteiger partial charge in [-0.15, -0.1) is 0 Å². The first kappa shape index (κ1) is 11.0. The molecule has 0 bridgehead atoms. The normalized spacial score (nSPS) is 12.6. The maximum absolute atomic E-state index is 4.41. The molecule has 1 rings (SSSR count). The lowest BCUT2D eigenvalue weighted by atomic mass is 10.1. The van der Waals surface area contributed by atoms with E-state index in [9.17, 15) is 0 Å². The third kappa shape index (κ3) is 2.98. The van der Waals surface area contributed by atoms with Crippen molar-refractivity contribution >= 4 is 5.82 Å². The molecule has 0 spiro atoms. The van der Waals surface area contributed by atoms with Gasteiger partial charge in [0.05, 0.1) is 11.4 Å². The molecule has 0 radical (unpaired) electrons. The monoisotopic (exact) mass is 193 g/mol. The van der Waals surface area contributed by atoms with E-state index in [1.54, 1.807) is 6.20 Å². The average Bonchev–Trinajstić information content (AvgIpc) is 2.19. The second-order valence-corrected chi connectivity index (χ2v) is 3.84.